The highest BCUT2D eigenvalue weighted by Crippen LogP contribution is 2.16. The highest BCUT2D eigenvalue weighted by molar-refractivity contribution is 6.03. The predicted molar refractivity (Wildman–Crippen MR) is 101 cm³/mol. The highest BCUT2D eigenvalue weighted by atomic mass is 16.6. The maximum absolute atomic E-state index is 12.4. The summed E-state index contributed by atoms with van der Waals surface area (Å²) in [5, 5.41) is 13.4. The summed E-state index contributed by atoms with van der Waals surface area (Å²) >= 11 is 0. The molecule has 0 saturated carbocycles. The van der Waals surface area contributed by atoms with Gasteiger partial charge >= 0.3 is 5.97 Å². The zero-order valence-corrected chi connectivity index (χ0v) is 14.7. The summed E-state index contributed by atoms with van der Waals surface area (Å²) in [6, 6.07) is 12.5. The highest BCUT2D eigenvalue weighted by Gasteiger charge is 2.16. The van der Waals surface area contributed by atoms with E-state index in [2.05, 4.69) is 11.9 Å². The van der Waals surface area contributed by atoms with E-state index in [-0.39, 0.29) is 18.0 Å². The van der Waals surface area contributed by atoms with Crippen LogP contribution in [0.15, 0.2) is 66.9 Å². The van der Waals surface area contributed by atoms with Gasteiger partial charge in [0, 0.05) is 17.7 Å². The van der Waals surface area contributed by atoms with E-state index in [1.54, 1.807) is 30.3 Å². The minimum Gasteiger partial charge on any atom is -0.457 e. The van der Waals surface area contributed by atoms with Gasteiger partial charge in [0.1, 0.15) is 12.3 Å². The Hall–Kier alpha value is -3.74. The largest absolute Gasteiger partial charge is 0.457 e. The molecule has 0 aliphatic heterocycles. The molecule has 2 rings (SSSR count). The molecule has 2 aromatic rings. The van der Waals surface area contributed by atoms with Crippen LogP contribution in [0.4, 0.5) is 5.69 Å². The van der Waals surface area contributed by atoms with Gasteiger partial charge in [-0.1, -0.05) is 42.5 Å². The average Bonchev–Trinajstić information content (AvgIpc) is 2.66. The fourth-order valence-electron chi connectivity index (χ4n) is 2.15. The molecule has 0 aromatic heterocycles. The molecule has 0 bridgehead atoms. The van der Waals surface area contributed by atoms with Crippen molar-refractivity contribution in [3.05, 3.63) is 93.7 Å². The molecule has 0 fully saturated rings. The quantitative estimate of drug-likeness (QED) is 0.266. The lowest BCUT2D eigenvalue weighted by atomic mass is 10.1. The lowest BCUT2D eigenvalue weighted by Gasteiger charge is -2.10. The Morgan fingerprint density at radius 1 is 1.22 bits per heavy atom. The van der Waals surface area contributed by atoms with Gasteiger partial charge in [0.05, 0.1) is 4.92 Å². The molecule has 27 heavy (non-hydrogen) atoms. The number of benzene rings is 2. The molecule has 0 aliphatic rings. The van der Waals surface area contributed by atoms with Crippen molar-refractivity contribution in [2.75, 3.05) is 6.61 Å². The van der Waals surface area contributed by atoms with Gasteiger partial charge in [-0.25, -0.2) is 4.79 Å². The minimum atomic E-state index is -0.776. The first kappa shape index (κ1) is 19.6. The average molecular weight is 366 g/mol. The number of esters is 1. The number of nitrogens with one attached hydrogen (secondary N) is 1. The molecule has 0 radical (unpaired) electrons. The van der Waals surface area contributed by atoms with Crippen LogP contribution in [0.3, 0.4) is 0 Å². The first-order valence-electron chi connectivity index (χ1n) is 8.03. The second-order valence-corrected chi connectivity index (χ2v) is 5.62. The lowest BCUT2D eigenvalue weighted by Crippen LogP contribution is -2.28. The van der Waals surface area contributed by atoms with Crippen molar-refractivity contribution >= 4 is 23.6 Å². The molecule has 0 unspecified atom stereocenters. The third-order valence-corrected chi connectivity index (χ3v) is 3.51. The van der Waals surface area contributed by atoms with Gasteiger partial charge in [0.25, 0.3) is 11.6 Å². The first-order chi connectivity index (χ1) is 12.9. The number of non-ortho nitro benzene ring substituents is 1. The molecule has 2 aromatic carbocycles. The molecular formula is C20H18N2O5. The Morgan fingerprint density at radius 3 is 2.56 bits per heavy atom. The van der Waals surface area contributed by atoms with E-state index in [0.717, 1.165) is 5.56 Å². The maximum Gasteiger partial charge on any atom is 0.355 e. The Kier molecular flexibility index (Phi) is 6.60. The zero-order chi connectivity index (χ0) is 19.8. The van der Waals surface area contributed by atoms with Crippen LogP contribution in [-0.2, 0) is 9.53 Å². The number of nitro groups is 1. The molecule has 0 heterocycles. The van der Waals surface area contributed by atoms with Gasteiger partial charge in [-0.15, -0.1) is 0 Å². The minimum absolute atomic E-state index is 0.0362. The normalized spacial score (nSPS) is 10.8. The van der Waals surface area contributed by atoms with E-state index in [9.17, 15) is 19.7 Å². The van der Waals surface area contributed by atoms with E-state index in [1.165, 1.54) is 30.4 Å². The lowest BCUT2D eigenvalue weighted by molar-refractivity contribution is -0.384. The molecule has 7 heteroatoms. The number of carbonyl (C=O) groups is 2. The van der Waals surface area contributed by atoms with Gasteiger partial charge in [-0.2, -0.15) is 0 Å². The van der Waals surface area contributed by atoms with Crippen molar-refractivity contribution in [1.29, 1.82) is 0 Å². The Bertz CT molecular complexity index is 901. The monoisotopic (exact) mass is 366 g/mol. The number of hydrogen-bond acceptors (Lipinski definition) is 5. The summed E-state index contributed by atoms with van der Waals surface area (Å²) in [6.45, 7) is 5.32. The van der Waals surface area contributed by atoms with Crippen LogP contribution < -0.4 is 5.32 Å². The van der Waals surface area contributed by atoms with Crippen molar-refractivity contribution in [2.45, 2.75) is 6.92 Å². The van der Waals surface area contributed by atoms with Crippen molar-refractivity contribution in [3.8, 4) is 0 Å². The van der Waals surface area contributed by atoms with E-state index in [1.807, 2.05) is 6.92 Å². The fourth-order valence-corrected chi connectivity index (χ4v) is 2.15. The smallest absolute Gasteiger partial charge is 0.355 e. The predicted octanol–water partition coefficient (Wildman–Crippen LogP) is 3.40. The van der Waals surface area contributed by atoms with Gasteiger partial charge in [0.15, 0.2) is 0 Å². The SMILES string of the molecule is C=CCOC(=O)/C(=C/c1cccc([N+](=O)[O-])c1)NC(=O)c1ccc(C)cc1. The van der Waals surface area contributed by atoms with Crippen LogP contribution in [0.5, 0.6) is 0 Å². The summed E-state index contributed by atoms with van der Waals surface area (Å²) in [4.78, 5) is 35.1. The van der Waals surface area contributed by atoms with Gasteiger partial charge in [-0.3, -0.25) is 14.9 Å². The van der Waals surface area contributed by atoms with E-state index >= 15 is 0 Å². The topological polar surface area (TPSA) is 98.5 Å². The van der Waals surface area contributed by atoms with Crippen LogP contribution in [0.1, 0.15) is 21.5 Å². The molecule has 0 aliphatic carbocycles. The van der Waals surface area contributed by atoms with Gasteiger partial charge in [0.2, 0.25) is 0 Å². The summed E-state index contributed by atoms with van der Waals surface area (Å²) in [5.74, 6) is -1.27. The number of carbonyl (C=O) groups excluding carboxylic acids is 2. The second-order valence-electron chi connectivity index (χ2n) is 5.62. The molecule has 7 nitrogen and oxygen atoms in total. The number of hydrogen-bond donors (Lipinski definition) is 1. The Morgan fingerprint density at radius 2 is 1.93 bits per heavy atom. The number of ether oxygens (including phenoxy) is 1. The van der Waals surface area contributed by atoms with E-state index in [0.29, 0.717) is 11.1 Å². The Balaban J connectivity index is 2.32. The molecule has 0 spiro atoms. The summed E-state index contributed by atoms with van der Waals surface area (Å²) in [6.07, 6.45) is 2.72. The van der Waals surface area contributed by atoms with E-state index < -0.39 is 16.8 Å². The van der Waals surface area contributed by atoms with Crippen LogP contribution in [-0.4, -0.2) is 23.4 Å². The van der Waals surface area contributed by atoms with Crippen LogP contribution >= 0.6 is 0 Å². The Labute approximate surface area is 156 Å². The number of amides is 1. The van der Waals surface area contributed by atoms with Crippen LogP contribution in [0.2, 0.25) is 0 Å². The summed E-state index contributed by atoms with van der Waals surface area (Å²) < 4.78 is 4.99. The van der Waals surface area contributed by atoms with Crippen molar-refractivity contribution in [2.24, 2.45) is 0 Å². The van der Waals surface area contributed by atoms with Crippen LogP contribution in [0, 0.1) is 17.0 Å². The van der Waals surface area contributed by atoms with Gasteiger partial charge < -0.3 is 10.1 Å². The molecule has 138 valence electrons. The second kappa shape index (κ2) is 9.10. The number of rotatable bonds is 7. The first-order valence-corrected chi connectivity index (χ1v) is 8.03. The number of aryl methyl sites for hydroxylation is 1. The molecule has 1 N–H and O–H groups in total. The van der Waals surface area contributed by atoms with Crippen molar-refractivity contribution < 1.29 is 19.2 Å². The summed E-state index contributed by atoms with van der Waals surface area (Å²) in [5.41, 5.74) is 1.46. The van der Waals surface area contributed by atoms with E-state index in [4.69, 9.17) is 4.74 Å². The van der Waals surface area contributed by atoms with Crippen molar-refractivity contribution in [1.82, 2.24) is 5.32 Å². The standard InChI is InChI=1S/C20H18N2O5/c1-3-11-27-20(24)18(13-15-5-4-6-17(12-15)22(25)26)21-19(23)16-9-7-14(2)8-10-16/h3-10,12-13H,1,11H2,2H3,(H,21,23)/b18-13-. The molecular weight excluding hydrogens is 348 g/mol. The summed E-state index contributed by atoms with van der Waals surface area (Å²) in [7, 11) is 0. The molecule has 1 amide bonds. The molecule has 0 atom stereocenters. The maximum atomic E-state index is 12.4. The zero-order valence-electron chi connectivity index (χ0n) is 14.7. The number of nitrogens with zero attached hydrogens (tertiary/aromatic N) is 1. The molecule has 0 saturated heterocycles. The third-order valence-electron chi connectivity index (χ3n) is 3.51. The third kappa shape index (κ3) is 5.64. The number of nitro benzene ring substituents is 1. The van der Waals surface area contributed by atoms with Gasteiger partial charge in [-0.05, 0) is 30.7 Å². The van der Waals surface area contributed by atoms with Crippen LogP contribution in [0.25, 0.3) is 6.08 Å². The fraction of sp³-hybridized carbons (Fsp3) is 0.100. The van der Waals surface area contributed by atoms with Crippen molar-refractivity contribution in [3.63, 3.8) is 0 Å².